The number of ether oxygens (including phenoxy) is 2. The third-order valence-corrected chi connectivity index (χ3v) is 5.78. The minimum Gasteiger partial charge on any atom is -0.497 e. The highest BCUT2D eigenvalue weighted by Crippen LogP contribution is 2.25. The fourth-order valence-corrected chi connectivity index (χ4v) is 3.22. The van der Waals surface area contributed by atoms with E-state index < -0.39 is 10.0 Å². The maximum atomic E-state index is 12.1. The van der Waals surface area contributed by atoms with Crippen LogP contribution in [0.2, 0.25) is 5.15 Å². The molecule has 1 aromatic carbocycles. The molecular weight excluding hydrogens is 380 g/mol. The van der Waals surface area contributed by atoms with Gasteiger partial charge in [0, 0.05) is 37.8 Å². The molecule has 0 spiro atoms. The standard InChI is InChI=1S/C16H21ClN4O4S/c1-21(2)26(22,23)10-12-7-15(19-20-16(12)17)18-9-11-5-6-13(24-3)8-14(11)25-4/h5-8H,9-10H2,1-4H3,(H,18,19). The molecule has 0 aliphatic carbocycles. The molecule has 142 valence electrons. The van der Waals surface area contributed by atoms with Gasteiger partial charge in [0.05, 0.1) is 20.0 Å². The quantitative estimate of drug-likeness (QED) is 0.725. The summed E-state index contributed by atoms with van der Waals surface area (Å²) < 4.78 is 35.8. The van der Waals surface area contributed by atoms with Crippen LogP contribution in [0.4, 0.5) is 5.82 Å². The highest BCUT2D eigenvalue weighted by molar-refractivity contribution is 7.88. The summed E-state index contributed by atoms with van der Waals surface area (Å²) in [6.07, 6.45) is 0. The number of sulfonamides is 1. The van der Waals surface area contributed by atoms with E-state index in [9.17, 15) is 8.42 Å². The number of nitrogens with one attached hydrogen (secondary N) is 1. The highest BCUT2D eigenvalue weighted by Gasteiger charge is 2.18. The van der Waals surface area contributed by atoms with Crippen LogP contribution >= 0.6 is 11.6 Å². The molecule has 0 saturated heterocycles. The van der Waals surface area contributed by atoms with Crippen LogP contribution in [-0.2, 0) is 22.3 Å². The molecule has 1 aromatic heterocycles. The average Bonchev–Trinajstić information content (AvgIpc) is 2.61. The fourth-order valence-electron chi connectivity index (χ4n) is 2.11. The molecule has 2 aromatic rings. The Balaban J connectivity index is 2.17. The minimum absolute atomic E-state index is 0.0583. The second-order valence-electron chi connectivity index (χ2n) is 5.62. The van der Waals surface area contributed by atoms with E-state index in [-0.39, 0.29) is 10.9 Å². The van der Waals surface area contributed by atoms with E-state index in [1.807, 2.05) is 12.1 Å². The zero-order chi connectivity index (χ0) is 19.3. The molecule has 0 unspecified atom stereocenters. The van der Waals surface area contributed by atoms with E-state index in [1.165, 1.54) is 14.1 Å². The van der Waals surface area contributed by atoms with Crippen LogP contribution in [0, 0.1) is 0 Å². The Kier molecular flexibility index (Phi) is 6.63. The van der Waals surface area contributed by atoms with Gasteiger partial charge in [0.2, 0.25) is 10.0 Å². The molecule has 0 atom stereocenters. The van der Waals surface area contributed by atoms with E-state index in [4.69, 9.17) is 21.1 Å². The van der Waals surface area contributed by atoms with Crippen molar-refractivity contribution < 1.29 is 17.9 Å². The first kappa shape index (κ1) is 20.2. The first-order valence-electron chi connectivity index (χ1n) is 7.64. The summed E-state index contributed by atoms with van der Waals surface area (Å²) in [5, 5.41) is 10.9. The van der Waals surface area contributed by atoms with Gasteiger partial charge in [-0.2, -0.15) is 0 Å². The second kappa shape index (κ2) is 8.52. The van der Waals surface area contributed by atoms with Crippen molar-refractivity contribution in [3.8, 4) is 11.5 Å². The number of nitrogens with zero attached hydrogens (tertiary/aromatic N) is 3. The Hall–Kier alpha value is -2.10. The first-order valence-corrected chi connectivity index (χ1v) is 9.62. The molecule has 8 nitrogen and oxygen atoms in total. The van der Waals surface area contributed by atoms with Crippen molar-refractivity contribution in [1.82, 2.24) is 14.5 Å². The summed E-state index contributed by atoms with van der Waals surface area (Å²) >= 11 is 5.99. The maximum Gasteiger partial charge on any atom is 0.217 e. The molecule has 0 radical (unpaired) electrons. The number of benzene rings is 1. The van der Waals surface area contributed by atoms with Gasteiger partial charge in [-0.25, -0.2) is 12.7 Å². The van der Waals surface area contributed by atoms with Crippen LogP contribution in [0.25, 0.3) is 0 Å². The zero-order valence-corrected chi connectivity index (χ0v) is 16.6. The van der Waals surface area contributed by atoms with Gasteiger partial charge >= 0.3 is 0 Å². The van der Waals surface area contributed by atoms with Gasteiger partial charge in [0.15, 0.2) is 5.15 Å². The SMILES string of the molecule is COc1ccc(CNc2cc(CS(=O)(=O)N(C)C)c(Cl)nn2)c(OC)c1. The normalized spacial score (nSPS) is 11.5. The lowest BCUT2D eigenvalue weighted by molar-refractivity contribution is 0.391. The van der Waals surface area contributed by atoms with Crippen molar-refractivity contribution >= 4 is 27.4 Å². The molecule has 0 aliphatic rings. The molecule has 0 saturated carbocycles. The van der Waals surface area contributed by atoms with Gasteiger partial charge in [0.25, 0.3) is 0 Å². The smallest absolute Gasteiger partial charge is 0.217 e. The van der Waals surface area contributed by atoms with Crippen molar-refractivity contribution in [1.29, 1.82) is 0 Å². The number of hydrogen-bond donors (Lipinski definition) is 1. The third kappa shape index (κ3) is 4.96. The molecular formula is C16H21ClN4O4S. The molecule has 2 rings (SSSR count). The zero-order valence-electron chi connectivity index (χ0n) is 15.0. The summed E-state index contributed by atoms with van der Waals surface area (Å²) in [7, 11) is 2.63. The largest absolute Gasteiger partial charge is 0.497 e. The molecule has 26 heavy (non-hydrogen) atoms. The summed E-state index contributed by atoms with van der Waals surface area (Å²) in [5.74, 6) is 1.51. The van der Waals surface area contributed by atoms with Crippen molar-refractivity contribution in [3.05, 3.63) is 40.5 Å². The number of hydrogen-bond acceptors (Lipinski definition) is 7. The van der Waals surface area contributed by atoms with Gasteiger partial charge in [0.1, 0.15) is 17.3 Å². The second-order valence-corrected chi connectivity index (χ2v) is 8.16. The Bertz CT molecular complexity index is 875. The summed E-state index contributed by atoms with van der Waals surface area (Å²) in [6.45, 7) is 0.406. The Morgan fingerprint density at radius 3 is 2.46 bits per heavy atom. The van der Waals surface area contributed by atoms with E-state index in [0.29, 0.717) is 29.4 Å². The predicted octanol–water partition coefficient (Wildman–Crippen LogP) is 2.15. The highest BCUT2D eigenvalue weighted by atomic mass is 35.5. The number of anilines is 1. The first-order chi connectivity index (χ1) is 12.3. The molecule has 0 aliphatic heterocycles. The minimum atomic E-state index is -3.46. The number of aromatic nitrogens is 2. The summed E-state index contributed by atoms with van der Waals surface area (Å²) in [5.41, 5.74) is 1.26. The number of rotatable bonds is 8. The Morgan fingerprint density at radius 1 is 1.12 bits per heavy atom. The van der Waals surface area contributed by atoms with E-state index >= 15 is 0 Å². The molecule has 0 fully saturated rings. The van der Waals surface area contributed by atoms with Crippen LogP contribution in [-0.4, -0.2) is 51.2 Å². The van der Waals surface area contributed by atoms with E-state index in [1.54, 1.807) is 26.4 Å². The molecule has 0 bridgehead atoms. The van der Waals surface area contributed by atoms with Crippen molar-refractivity contribution in [3.63, 3.8) is 0 Å². The lowest BCUT2D eigenvalue weighted by atomic mass is 10.2. The lowest BCUT2D eigenvalue weighted by Crippen LogP contribution is -2.24. The van der Waals surface area contributed by atoms with E-state index in [2.05, 4.69) is 15.5 Å². The monoisotopic (exact) mass is 400 g/mol. The molecule has 0 amide bonds. The average molecular weight is 401 g/mol. The molecule has 1 heterocycles. The van der Waals surface area contributed by atoms with Crippen LogP contribution in [0.5, 0.6) is 11.5 Å². The molecule has 10 heteroatoms. The Labute approximate surface area is 158 Å². The van der Waals surface area contributed by atoms with Crippen LogP contribution < -0.4 is 14.8 Å². The summed E-state index contributed by atoms with van der Waals surface area (Å²) in [4.78, 5) is 0. The fraction of sp³-hybridized carbons (Fsp3) is 0.375. The number of halogens is 1. The van der Waals surface area contributed by atoms with Crippen LogP contribution in [0.15, 0.2) is 24.3 Å². The van der Waals surface area contributed by atoms with Gasteiger partial charge in [-0.15, -0.1) is 10.2 Å². The topological polar surface area (TPSA) is 93.7 Å². The van der Waals surface area contributed by atoms with Crippen molar-refractivity contribution in [2.75, 3.05) is 33.6 Å². The Morgan fingerprint density at radius 2 is 1.85 bits per heavy atom. The van der Waals surface area contributed by atoms with Gasteiger partial charge in [-0.3, -0.25) is 0 Å². The van der Waals surface area contributed by atoms with Crippen LogP contribution in [0.3, 0.4) is 0 Å². The maximum absolute atomic E-state index is 12.1. The number of methoxy groups -OCH3 is 2. The van der Waals surface area contributed by atoms with E-state index in [0.717, 1.165) is 9.87 Å². The lowest BCUT2D eigenvalue weighted by Gasteiger charge is -2.13. The van der Waals surface area contributed by atoms with Gasteiger partial charge < -0.3 is 14.8 Å². The van der Waals surface area contributed by atoms with Gasteiger partial charge in [-0.05, 0) is 18.2 Å². The summed E-state index contributed by atoms with van der Waals surface area (Å²) in [6, 6.07) is 7.04. The molecule has 1 N–H and O–H groups in total. The van der Waals surface area contributed by atoms with Gasteiger partial charge in [-0.1, -0.05) is 11.6 Å². The van der Waals surface area contributed by atoms with Crippen molar-refractivity contribution in [2.24, 2.45) is 0 Å². The predicted molar refractivity (Wildman–Crippen MR) is 100 cm³/mol. The van der Waals surface area contributed by atoms with Crippen molar-refractivity contribution in [2.45, 2.75) is 12.3 Å². The third-order valence-electron chi connectivity index (χ3n) is 3.67. The van der Waals surface area contributed by atoms with Crippen LogP contribution in [0.1, 0.15) is 11.1 Å².